The van der Waals surface area contributed by atoms with Crippen LogP contribution in [-0.2, 0) is 4.79 Å². The van der Waals surface area contributed by atoms with Crippen molar-refractivity contribution in [1.82, 2.24) is 4.90 Å². The highest BCUT2D eigenvalue weighted by atomic mass is 16.2. The Labute approximate surface area is 79.3 Å². The Hall–Kier alpha value is -0.570. The topological polar surface area (TPSA) is 46.3 Å². The Balaban J connectivity index is 1.92. The van der Waals surface area contributed by atoms with Gasteiger partial charge in [0.2, 0.25) is 5.91 Å². The molecule has 1 saturated heterocycles. The predicted octanol–water partition coefficient (Wildman–Crippen LogP) is 0.594. The predicted molar refractivity (Wildman–Crippen MR) is 51.1 cm³/mol. The lowest BCUT2D eigenvalue weighted by molar-refractivity contribution is -0.135. The van der Waals surface area contributed by atoms with Gasteiger partial charge in [-0.15, -0.1) is 0 Å². The maximum atomic E-state index is 11.9. The molecule has 1 amide bonds. The summed E-state index contributed by atoms with van der Waals surface area (Å²) < 4.78 is 0. The Kier molecular flexibility index (Phi) is 2.06. The highest BCUT2D eigenvalue weighted by molar-refractivity contribution is 5.85. The maximum Gasteiger partial charge on any atom is 0.228 e. The molecule has 1 unspecified atom stereocenters. The molecule has 1 aliphatic carbocycles. The van der Waals surface area contributed by atoms with Gasteiger partial charge in [-0.3, -0.25) is 4.79 Å². The molecule has 2 rings (SSSR count). The van der Waals surface area contributed by atoms with Crippen molar-refractivity contribution in [3.63, 3.8) is 0 Å². The van der Waals surface area contributed by atoms with Crippen LogP contribution in [0.15, 0.2) is 0 Å². The van der Waals surface area contributed by atoms with Gasteiger partial charge in [0.25, 0.3) is 0 Å². The second-order valence-corrected chi connectivity index (χ2v) is 4.70. The molecule has 2 N–H and O–H groups in total. The van der Waals surface area contributed by atoms with Crippen molar-refractivity contribution in [2.24, 2.45) is 17.1 Å². The smallest absolute Gasteiger partial charge is 0.228 e. The molecule has 0 bridgehead atoms. The first kappa shape index (κ1) is 9.00. The molecule has 13 heavy (non-hydrogen) atoms. The van der Waals surface area contributed by atoms with E-state index in [9.17, 15) is 4.79 Å². The molecule has 1 saturated carbocycles. The molecule has 0 aromatic rings. The molecular weight excluding hydrogens is 164 g/mol. The van der Waals surface area contributed by atoms with Gasteiger partial charge in [-0.1, -0.05) is 6.92 Å². The molecule has 3 heteroatoms. The zero-order valence-corrected chi connectivity index (χ0v) is 8.25. The Morgan fingerprint density at radius 1 is 1.62 bits per heavy atom. The number of nitrogens with zero attached hydrogens (tertiary/aromatic N) is 1. The van der Waals surface area contributed by atoms with Crippen LogP contribution in [0.2, 0.25) is 0 Å². The van der Waals surface area contributed by atoms with Gasteiger partial charge in [-0.05, 0) is 31.7 Å². The average molecular weight is 182 g/mol. The standard InChI is InChI=1S/C10H18N2O/c1-10(3-4-10)9(13)12-5-2-8(6-11)7-12/h8H,2-7,11H2,1H3. The summed E-state index contributed by atoms with van der Waals surface area (Å²) in [5.41, 5.74) is 5.59. The van der Waals surface area contributed by atoms with Crippen molar-refractivity contribution in [3.05, 3.63) is 0 Å². The average Bonchev–Trinajstić information content (AvgIpc) is 2.71. The van der Waals surface area contributed by atoms with Crippen molar-refractivity contribution in [3.8, 4) is 0 Å². The molecule has 1 atom stereocenters. The first-order chi connectivity index (χ1) is 6.15. The zero-order valence-electron chi connectivity index (χ0n) is 8.25. The molecule has 74 valence electrons. The first-order valence-corrected chi connectivity index (χ1v) is 5.15. The van der Waals surface area contributed by atoms with Crippen LogP contribution in [0.4, 0.5) is 0 Å². The van der Waals surface area contributed by atoms with Gasteiger partial charge < -0.3 is 10.6 Å². The van der Waals surface area contributed by atoms with E-state index in [1.807, 2.05) is 4.90 Å². The lowest BCUT2D eigenvalue weighted by Crippen LogP contribution is -2.34. The fraction of sp³-hybridized carbons (Fsp3) is 0.900. The van der Waals surface area contributed by atoms with Gasteiger partial charge in [-0.2, -0.15) is 0 Å². The third-order valence-electron chi connectivity index (χ3n) is 3.42. The first-order valence-electron chi connectivity index (χ1n) is 5.15. The molecule has 0 aromatic carbocycles. The number of carbonyl (C=O) groups excluding carboxylic acids is 1. The van der Waals surface area contributed by atoms with Gasteiger partial charge in [-0.25, -0.2) is 0 Å². The summed E-state index contributed by atoms with van der Waals surface area (Å²) in [6.07, 6.45) is 3.25. The van der Waals surface area contributed by atoms with Crippen molar-refractivity contribution in [2.45, 2.75) is 26.2 Å². The number of hydrogen-bond acceptors (Lipinski definition) is 2. The monoisotopic (exact) mass is 182 g/mol. The molecule has 2 fully saturated rings. The molecule has 0 radical (unpaired) electrons. The molecule has 0 spiro atoms. The SMILES string of the molecule is CC1(C(=O)N2CCC(CN)C2)CC1. The van der Waals surface area contributed by atoms with Crippen LogP contribution in [0.3, 0.4) is 0 Å². The fourth-order valence-electron chi connectivity index (χ4n) is 1.99. The number of likely N-dealkylation sites (tertiary alicyclic amines) is 1. The van der Waals surface area contributed by atoms with Crippen LogP contribution in [0.5, 0.6) is 0 Å². The van der Waals surface area contributed by atoms with E-state index in [1.165, 1.54) is 0 Å². The van der Waals surface area contributed by atoms with Gasteiger partial charge in [0.05, 0.1) is 0 Å². The maximum absolute atomic E-state index is 11.9. The van der Waals surface area contributed by atoms with Crippen molar-refractivity contribution < 1.29 is 4.79 Å². The Morgan fingerprint density at radius 3 is 2.77 bits per heavy atom. The second-order valence-electron chi connectivity index (χ2n) is 4.70. The number of rotatable bonds is 2. The van der Waals surface area contributed by atoms with Crippen LogP contribution < -0.4 is 5.73 Å². The number of hydrogen-bond donors (Lipinski definition) is 1. The molecule has 1 aliphatic heterocycles. The quantitative estimate of drug-likeness (QED) is 0.679. The highest BCUT2D eigenvalue weighted by Gasteiger charge is 2.48. The van der Waals surface area contributed by atoms with E-state index in [4.69, 9.17) is 5.73 Å². The van der Waals surface area contributed by atoms with Crippen LogP contribution in [0.1, 0.15) is 26.2 Å². The molecule has 3 nitrogen and oxygen atoms in total. The van der Waals surface area contributed by atoms with Crippen LogP contribution in [0.25, 0.3) is 0 Å². The van der Waals surface area contributed by atoms with Crippen molar-refractivity contribution >= 4 is 5.91 Å². The molecule has 1 heterocycles. The summed E-state index contributed by atoms with van der Waals surface area (Å²) in [4.78, 5) is 13.9. The van der Waals surface area contributed by atoms with E-state index in [0.29, 0.717) is 11.8 Å². The summed E-state index contributed by atoms with van der Waals surface area (Å²) in [5, 5.41) is 0. The van der Waals surface area contributed by atoms with E-state index in [2.05, 4.69) is 6.92 Å². The van der Waals surface area contributed by atoms with Crippen LogP contribution in [-0.4, -0.2) is 30.4 Å². The minimum atomic E-state index is 0.00346. The lowest BCUT2D eigenvalue weighted by Gasteiger charge is -2.20. The van der Waals surface area contributed by atoms with Crippen molar-refractivity contribution in [1.29, 1.82) is 0 Å². The third-order valence-corrected chi connectivity index (χ3v) is 3.42. The third kappa shape index (κ3) is 1.57. The Bertz CT molecular complexity index is 223. The molecular formula is C10H18N2O. The largest absolute Gasteiger partial charge is 0.342 e. The van der Waals surface area contributed by atoms with Crippen LogP contribution >= 0.6 is 0 Å². The lowest BCUT2D eigenvalue weighted by atomic mass is 10.1. The van der Waals surface area contributed by atoms with Gasteiger partial charge in [0.15, 0.2) is 0 Å². The van der Waals surface area contributed by atoms with Gasteiger partial charge >= 0.3 is 0 Å². The number of amides is 1. The molecule has 2 aliphatic rings. The van der Waals surface area contributed by atoms with E-state index in [-0.39, 0.29) is 5.41 Å². The Morgan fingerprint density at radius 2 is 2.31 bits per heavy atom. The van der Waals surface area contributed by atoms with E-state index < -0.39 is 0 Å². The second kappa shape index (κ2) is 2.98. The highest BCUT2D eigenvalue weighted by Crippen LogP contribution is 2.47. The summed E-state index contributed by atoms with van der Waals surface area (Å²) in [6.45, 7) is 4.62. The molecule has 0 aromatic heterocycles. The summed E-state index contributed by atoms with van der Waals surface area (Å²) >= 11 is 0. The zero-order chi connectivity index (χ0) is 9.47. The van der Waals surface area contributed by atoms with Gasteiger partial charge in [0.1, 0.15) is 0 Å². The van der Waals surface area contributed by atoms with Crippen LogP contribution in [0, 0.1) is 11.3 Å². The minimum absolute atomic E-state index is 0.00346. The van der Waals surface area contributed by atoms with Crippen molar-refractivity contribution in [2.75, 3.05) is 19.6 Å². The summed E-state index contributed by atoms with van der Waals surface area (Å²) in [5.74, 6) is 0.912. The van der Waals surface area contributed by atoms with E-state index in [1.54, 1.807) is 0 Å². The summed E-state index contributed by atoms with van der Waals surface area (Å²) in [7, 11) is 0. The van der Waals surface area contributed by atoms with E-state index >= 15 is 0 Å². The van der Waals surface area contributed by atoms with Gasteiger partial charge in [0, 0.05) is 18.5 Å². The number of carbonyl (C=O) groups is 1. The normalized spacial score (nSPS) is 30.6. The number of nitrogens with two attached hydrogens (primary N) is 1. The van der Waals surface area contributed by atoms with E-state index in [0.717, 1.165) is 38.9 Å². The summed E-state index contributed by atoms with van der Waals surface area (Å²) in [6, 6.07) is 0. The minimum Gasteiger partial charge on any atom is -0.342 e. The fourth-order valence-corrected chi connectivity index (χ4v) is 1.99.